The number of nitrogens with zero attached hydrogens (tertiary/aromatic N) is 1. The molecule has 5 nitrogen and oxygen atoms in total. The molecule has 0 fully saturated rings. The normalized spacial score (nSPS) is 15.5. The molecule has 1 aliphatic rings. The van der Waals surface area contributed by atoms with Gasteiger partial charge in [-0.1, -0.05) is 30.3 Å². The fourth-order valence-corrected chi connectivity index (χ4v) is 4.09. The standard InChI is InChI=1S/C25H31NO4/c1-29-22-9-4-19(5-10-22)14-16-26(15-3-17-27)24-12-8-21-18-20(6-11-23(21)24)7-13-25(28)30-2/h4-7,9-11,13,18,24,27H,3,8,12,14-17H2,1-2H3. The van der Waals surface area contributed by atoms with Crippen molar-refractivity contribution in [3.8, 4) is 5.75 Å². The number of ether oxygens (including phenoxy) is 2. The van der Waals surface area contributed by atoms with E-state index in [4.69, 9.17) is 4.74 Å². The zero-order chi connectivity index (χ0) is 21.3. The second-order valence-electron chi connectivity index (χ2n) is 7.58. The number of fused-ring (bicyclic) bond motifs is 1. The Kier molecular flexibility index (Phi) is 8.05. The number of hydrogen-bond donors (Lipinski definition) is 1. The van der Waals surface area contributed by atoms with Crippen LogP contribution in [0.25, 0.3) is 6.08 Å². The number of benzene rings is 2. The van der Waals surface area contributed by atoms with Crippen LogP contribution in [0.15, 0.2) is 48.5 Å². The Morgan fingerprint density at radius 3 is 2.67 bits per heavy atom. The zero-order valence-corrected chi connectivity index (χ0v) is 17.8. The van der Waals surface area contributed by atoms with Crippen LogP contribution in [0.3, 0.4) is 0 Å². The highest BCUT2D eigenvalue weighted by atomic mass is 16.5. The van der Waals surface area contributed by atoms with Crippen LogP contribution in [0.1, 0.15) is 41.1 Å². The number of hydrogen-bond acceptors (Lipinski definition) is 5. The molecule has 0 bridgehead atoms. The number of carbonyl (C=O) groups excluding carboxylic acids is 1. The fourth-order valence-electron chi connectivity index (χ4n) is 4.09. The van der Waals surface area contributed by atoms with E-state index < -0.39 is 0 Å². The summed E-state index contributed by atoms with van der Waals surface area (Å²) in [5.41, 5.74) is 5.00. The van der Waals surface area contributed by atoms with Gasteiger partial charge >= 0.3 is 5.97 Å². The van der Waals surface area contributed by atoms with Gasteiger partial charge in [-0.25, -0.2) is 4.79 Å². The van der Waals surface area contributed by atoms with Crippen LogP contribution in [-0.4, -0.2) is 49.9 Å². The van der Waals surface area contributed by atoms with Gasteiger partial charge in [0.25, 0.3) is 0 Å². The van der Waals surface area contributed by atoms with E-state index in [9.17, 15) is 9.90 Å². The molecular weight excluding hydrogens is 378 g/mol. The van der Waals surface area contributed by atoms with Crippen LogP contribution < -0.4 is 4.74 Å². The number of aliphatic hydroxyl groups excluding tert-OH is 1. The number of methoxy groups -OCH3 is 2. The molecule has 2 aromatic rings. The number of rotatable bonds is 10. The lowest BCUT2D eigenvalue weighted by molar-refractivity contribution is -0.134. The Balaban J connectivity index is 1.70. The minimum absolute atomic E-state index is 0.204. The Hall–Kier alpha value is -2.63. The van der Waals surface area contributed by atoms with Crippen molar-refractivity contribution in [2.75, 3.05) is 33.9 Å². The molecule has 0 spiro atoms. The lowest BCUT2D eigenvalue weighted by atomic mass is 10.0. The molecule has 30 heavy (non-hydrogen) atoms. The molecule has 5 heteroatoms. The van der Waals surface area contributed by atoms with Gasteiger partial charge in [-0.3, -0.25) is 4.90 Å². The first-order valence-electron chi connectivity index (χ1n) is 10.5. The second-order valence-corrected chi connectivity index (χ2v) is 7.58. The third-order valence-electron chi connectivity index (χ3n) is 5.72. The third kappa shape index (κ3) is 5.71. The van der Waals surface area contributed by atoms with Gasteiger partial charge in [0.05, 0.1) is 14.2 Å². The maximum Gasteiger partial charge on any atom is 0.330 e. The summed E-state index contributed by atoms with van der Waals surface area (Å²) in [4.78, 5) is 13.8. The number of aryl methyl sites for hydroxylation is 1. The Morgan fingerprint density at radius 2 is 1.97 bits per heavy atom. The Labute approximate surface area is 178 Å². The molecule has 0 saturated carbocycles. The fraction of sp³-hybridized carbons (Fsp3) is 0.400. The summed E-state index contributed by atoms with van der Waals surface area (Å²) >= 11 is 0. The molecule has 0 radical (unpaired) electrons. The van der Waals surface area contributed by atoms with Gasteiger partial charge < -0.3 is 14.6 Å². The maximum atomic E-state index is 11.3. The predicted molar refractivity (Wildman–Crippen MR) is 119 cm³/mol. The van der Waals surface area contributed by atoms with E-state index in [0.717, 1.165) is 50.1 Å². The lowest BCUT2D eigenvalue weighted by Crippen LogP contribution is -2.31. The third-order valence-corrected chi connectivity index (χ3v) is 5.72. The summed E-state index contributed by atoms with van der Waals surface area (Å²) in [6.07, 6.45) is 7.09. The van der Waals surface area contributed by atoms with Gasteiger partial charge in [0.1, 0.15) is 5.75 Å². The minimum atomic E-state index is -0.345. The molecule has 0 amide bonds. The number of aliphatic hydroxyl groups is 1. The van der Waals surface area contributed by atoms with E-state index >= 15 is 0 Å². The van der Waals surface area contributed by atoms with Crippen LogP contribution in [0.4, 0.5) is 0 Å². The van der Waals surface area contributed by atoms with Crippen molar-refractivity contribution in [3.63, 3.8) is 0 Å². The highest BCUT2D eigenvalue weighted by Gasteiger charge is 2.27. The van der Waals surface area contributed by atoms with Crippen LogP contribution >= 0.6 is 0 Å². The molecule has 0 heterocycles. The Bertz CT molecular complexity index is 860. The minimum Gasteiger partial charge on any atom is -0.497 e. The van der Waals surface area contributed by atoms with Gasteiger partial charge in [-0.15, -0.1) is 0 Å². The van der Waals surface area contributed by atoms with Gasteiger partial charge in [-0.05, 0) is 66.1 Å². The van der Waals surface area contributed by atoms with E-state index in [1.54, 1.807) is 13.2 Å². The average Bonchev–Trinajstić information content (AvgIpc) is 3.21. The van der Waals surface area contributed by atoms with E-state index in [1.165, 1.54) is 29.9 Å². The van der Waals surface area contributed by atoms with Crippen LogP contribution in [0.2, 0.25) is 0 Å². The first kappa shape index (κ1) is 22.1. The maximum absolute atomic E-state index is 11.3. The molecule has 0 aliphatic heterocycles. The predicted octanol–water partition coefficient (Wildman–Crippen LogP) is 3.80. The van der Waals surface area contributed by atoms with E-state index in [2.05, 4.69) is 40.0 Å². The van der Waals surface area contributed by atoms with Crippen molar-refractivity contribution < 1.29 is 19.4 Å². The van der Waals surface area contributed by atoms with Gasteiger partial charge in [-0.2, -0.15) is 0 Å². The summed E-state index contributed by atoms with van der Waals surface area (Å²) in [6, 6.07) is 15.0. The molecular formula is C25H31NO4. The number of esters is 1. The highest BCUT2D eigenvalue weighted by Crippen LogP contribution is 2.36. The first-order chi connectivity index (χ1) is 14.6. The smallest absolute Gasteiger partial charge is 0.330 e. The van der Waals surface area contributed by atoms with Crippen molar-refractivity contribution in [1.82, 2.24) is 4.90 Å². The molecule has 1 atom stereocenters. The SMILES string of the molecule is COC(=O)C=Cc1ccc2c(c1)CCC2N(CCCO)CCc1ccc(OC)cc1. The largest absolute Gasteiger partial charge is 0.497 e. The first-order valence-corrected chi connectivity index (χ1v) is 10.5. The second kappa shape index (κ2) is 11.0. The van der Waals surface area contributed by atoms with Gasteiger partial charge in [0.15, 0.2) is 0 Å². The number of carbonyl (C=O) groups is 1. The van der Waals surface area contributed by atoms with Crippen LogP contribution in [0.5, 0.6) is 5.75 Å². The summed E-state index contributed by atoms with van der Waals surface area (Å²) in [6.45, 7) is 2.02. The van der Waals surface area contributed by atoms with Gasteiger partial charge in [0, 0.05) is 31.8 Å². The van der Waals surface area contributed by atoms with Crippen molar-refractivity contribution in [2.24, 2.45) is 0 Å². The molecule has 1 N–H and O–H groups in total. The van der Waals surface area contributed by atoms with E-state index in [0.29, 0.717) is 6.04 Å². The van der Waals surface area contributed by atoms with Crippen molar-refractivity contribution in [3.05, 3.63) is 70.8 Å². The summed E-state index contributed by atoms with van der Waals surface area (Å²) < 4.78 is 9.91. The highest BCUT2D eigenvalue weighted by molar-refractivity contribution is 5.86. The molecule has 2 aromatic carbocycles. The zero-order valence-electron chi connectivity index (χ0n) is 17.8. The Morgan fingerprint density at radius 1 is 1.17 bits per heavy atom. The van der Waals surface area contributed by atoms with Gasteiger partial charge in [0.2, 0.25) is 0 Å². The van der Waals surface area contributed by atoms with E-state index in [1.807, 2.05) is 12.1 Å². The quantitative estimate of drug-likeness (QED) is 0.478. The summed E-state index contributed by atoms with van der Waals surface area (Å²) in [5.74, 6) is 0.528. The summed E-state index contributed by atoms with van der Waals surface area (Å²) in [7, 11) is 3.06. The van der Waals surface area contributed by atoms with Crippen molar-refractivity contribution in [2.45, 2.75) is 31.7 Å². The summed E-state index contributed by atoms with van der Waals surface area (Å²) in [5, 5.41) is 9.37. The molecule has 0 saturated heterocycles. The molecule has 1 unspecified atom stereocenters. The van der Waals surface area contributed by atoms with E-state index in [-0.39, 0.29) is 12.6 Å². The topological polar surface area (TPSA) is 59.0 Å². The van der Waals surface area contributed by atoms with Crippen LogP contribution in [0, 0.1) is 0 Å². The lowest BCUT2D eigenvalue weighted by Gasteiger charge is -2.29. The molecule has 1 aliphatic carbocycles. The molecule has 3 rings (SSSR count). The molecule has 160 valence electrons. The van der Waals surface area contributed by atoms with Crippen molar-refractivity contribution >= 4 is 12.0 Å². The average molecular weight is 410 g/mol. The van der Waals surface area contributed by atoms with Crippen molar-refractivity contribution in [1.29, 1.82) is 0 Å². The molecule has 0 aromatic heterocycles. The van der Waals surface area contributed by atoms with Crippen LogP contribution in [-0.2, 0) is 22.4 Å². The monoisotopic (exact) mass is 409 g/mol.